The van der Waals surface area contributed by atoms with Crippen molar-refractivity contribution in [1.82, 2.24) is 9.78 Å². The molecule has 1 aromatic heterocycles. The number of fused-ring (bicyclic) bond motifs is 2. The van der Waals surface area contributed by atoms with Crippen molar-refractivity contribution in [2.24, 2.45) is 0 Å². The van der Waals surface area contributed by atoms with Crippen molar-refractivity contribution in [2.45, 2.75) is 37.6 Å². The van der Waals surface area contributed by atoms with Gasteiger partial charge in [-0.25, -0.2) is 4.68 Å². The second kappa shape index (κ2) is 4.41. The van der Waals surface area contributed by atoms with Crippen LogP contribution in [0, 0.1) is 0 Å². The number of aromatic nitrogens is 2. The summed E-state index contributed by atoms with van der Waals surface area (Å²) in [6, 6.07) is 8.46. The number of benzene rings is 1. The van der Waals surface area contributed by atoms with Gasteiger partial charge in [-0.05, 0) is 25.3 Å². The molecule has 114 valence electrons. The molecule has 0 unspecified atom stereocenters. The first-order valence-corrected chi connectivity index (χ1v) is 8.08. The fourth-order valence-electron chi connectivity index (χ4n) is 3.91. The summed E-state index contributed by atoms with van der Waals surface area (Å²) in [5.41, 5.74) is 2.40. The summed E-state index contributed by atoms with van der Waals surface area (Å²) in [5.74, 6) is 2.93. The van der Waals surface area contributed by atoms with Crippen molar-refractivity contribution >= 4 is 5.82 Å². The molecule has 2 aromatic rings. The molecule has 1 saturated carbocycles. The van der Waals surface area contributed by atoms with Crippen molar-refractivity contribution in [3.05, 3.63) is 35.5 Å². The number of nitrogens with zero attached hydrogens (tertiary/aromatic N) is 2. The Morgan fingerprint density at radius 1 is 1.18 bits per heavy atom. The lowest BCUT2D eigenvalue weighted by Crippen LogP contribution is -2.36. The topological polar surface area (TPSA) is 48.3 Å². The van der Waals surface area contributed by atoms with Crippen molar-refractivity contribution in [2.75, 3.05) is 18.7 Å². The van der Waals surface area contributed by atoms with E-state index >= 15 is 0 Å². The average molecular weight is 297 g/mol. The Morgan fingerprint density at radius 2 is 2.14 bits per heavy atom. The summed E-state index contributed by atoms with van der Waals surface area (Å²) in [5, 5.41) is 8.36. The molecule has 5 nitrogen and oxygen atoms in total. The first kappa shape index (κ1) is 12.4. The van der Waals surface area contributed by atoms with E-state index in [1.54, 1.807) is 0 Å². The molecule has 0 saturated heterocycles. The molecule has 1 aromatic carbocycles. The van der Waals surface area contributed by atoms with Crippen molar-refractivity contribution < 1.29 is 9.47 Å². The molecular weight excluding hydrogens is 278 g/mol. The predicted molar refractivity (Wildman–Crippen MR) is 82.5 cm³/mol. The van der Waals surface area contributed by atoms with Gasteiger partial charge in [0.05, 0.1) is 5.69 Å². The van der Waals surface area contributed by atoms with E-state index in [4.69, 9.17) is 14.6 Å². The number of nitrogens with one attached hydrogen (secondary N) is 1. The minimum absolute atomic E-state index is 0.00887. The van der Waals surface area contributed by atoms with Gasteiger partial charge in [0.15, 0.2) is 11.5 Å². The van der Waals surface area contributed by atoms with Crippen LogP contribution < -0.4 is 14.8 Å². The summed E-state index contributed by atoms with van der Waals surface area (Å²) in [6.45, 7) is 2.37. The smallest absolute Gasteiger partial charge is 0.231 e. The molecule has 0 spiro atoms. The van der Waals surface area contributed by atoms with Crippen LogP contribution in [0.4, 0.5) is 5.82 Å². The standard InChI is InChI=1S/C17H19N3O2/c1-4-12(16-13(5-1)21-11-22-16)17(6-2-7-17)14-10-15-18-8-3-9-20(15)19-14/h1,4-5,10,18H,2-3,6-9,11H2. The van der Waals surface area contributed by atoms with Crippen LogP contribution in [-0.4, -0.2) is 23.1 Å². The van der Waals surface area contributed by atoms with E-state index in [0.717, 1.165) is 49.7 Å². The van der Waals surface area contributed by atoms with Crippen LogP contribution in [0.5, 0.6) is 11.5 Å². The van der Waals surface area contributed by atoms with Gasteiger partial charge in [-0.15, -0.1) is 0 Å². The van der Waals surface area contributed by atoms with Crippen molar-refractivity contribution in [1.29, 1.82) is 0 Å². The highest BCUT2D eigenvalue weighted by Crippen LogP contribution is 2.54. The van der Waals surface area contributed by atoms with Crippen LogP contribution in [0.25, 0.3) is 0 Å². The maximum absolute atomic E-state index is 5.76. The molecule has 2 aliphatic heterocycles. The van der Waals surface area contributed by atoms with E-state index in [9.17, 15) is 0 Å². The van der Waals surface area contributed by atoms with Gasteiger partial charge >= 0.3 is 0 Å². The van der Waals surface area contributed by atoms with Crippen LogP contribution in [0.2, 0.25) is 0 Å². The first-order chi connectivity index (χ1) is 10.9. The number of para-hydroxylation sites is 1. The minimum atomic E-state index is -0.00887. The van der Waals surface area contributed by atoms with Gasteiger partial charge in [-0.1, -0.05) is 18.6 Å². The van der Waals surface area contributed by atoms with E-state index in [1.807, 2.05) is 6.07 Å². The third-order valence-corrected chi connectivity index (χ3v) is 5.24. The summed E-state index contributed by atoms with van der Waals surface area (Å²) >= 11 is 0. The van der Waals surface area contributed by atoms with Crippen LogP contribution in [-0.2, 0) is 12.0 Å². The quantitative estimate of drug-likeness (QED) is 0.926. The zero-order valence-corrected chi connectivity index (χ0v) is 12.5. The Balaban J connectivity index is 1.64. The van der Waals surface area contributed by atoms with E-state index in [-0.39, 0.29) is 5.41 Å². The molecule has 1 N–H and O–H groups in total. The second-order valence-electron chi connectivity index (χ2n) is 6.39. The molecule has 22 heavy (non-hydrogen) atoms. The maximum Gasteiger partial charge on any atom is 0.231 e. The highest BCUT2D eigenvalue weighted by molar-refractivity contribution is 5.56. The van der Waals surface area contributed by atoms with Crippen molar-refractivity contribution in [3.63, 3.8) is 0 Å². The number of ether oxygens (including phenoxy) is 2. The van der Waals surface area contributed by atoms with E-state index in [0.29, 0.717) is 6.79 Å². The lowest BCUT2D eigenvalue weighted by Gasteiger charge is -2.41. The lowest BCUT2D eigenvalue weighted by molar-refractivity contribution is 0.170. The van der Waals surface area contributed by atoms with Gasteiger partial charge in [-0.3, -0.25) is 0 Å². The highest BCUT2D eigenvalue weighted by atomic mass is 16.7. The Bertz CT molecular complexity index is 710. The Kier molecular flexibility index (Phi) is 2.48. The molecule has 0 amide bonds. The molecule has 0 radical (unpaired) electrons. The van der Waals surface area contributed by atoms with E-state index in [2.05, 4.69) is 28.2 Å². The van der Waals surface area contributed by atoms with E-state index < -0.39 is 0 Å². The number of anilines is 1. The molecule has 0 atom stereocenters. The Morgan fingerprint density at radius 3 is 2.95 bits per heavy atom. The Hall–Kier alpha value is -2.17. The van der Waals surface area contributed by atoms with Crippen LogP contribution >= 0.6 is 0 Å². The zero-order valence-electron chi connectivity index (χ0n) is 12.5. The van der Waals surface area contributed by atoms with Crippen molar-refractivity contribution in [3.8, 4) is 11.5 Å². The zero-order chi connectivity index (χ0) is 14.6. The molecule has 0 bridgehead atoms. The molecule has 5 heteroatoms. The predicted octanol–water partition coefficient (Wildman–Crippen LogP) is 2.90. The Labute approximate surface area is 129 Å². The molecule has 3 heterocycles. The van der Waals surface area contributed by atoms with Gasteiger partial charge in [0.2, 0.25) is 6.79 Å². The number of rotatable bonds is 2. The molecular formula is C17H19N3O2. The SMILES string of the molecule is c1cc2c(c(C3(c4cc5n(n4)CCCN5)CCC3)c1)OCO2. The summed E-state index contributed by atoms with van der Waals surface area (Å²) in [7, 11) is 0. The number of hydrogen-bond donors (Lipinski definition) is 1. The molecule has 5 rings (SSSR count). The summed E-state index contributed by atoms with van der Waals surface area (Å²) in [6.07, 6.45) is 4.63. The summed E-state index contributed by atoms with van der Waals surface area (Å²) < 4.78 is 13.4. The second-order valence-corrected chi connectivity index (χ2v) is 6.39. The maximum atomic E-state index is 5.76. The van der Waals surface area contributed by atoms with Gasteiger partial charge < -0.3 is 14.8 Å². The normalized spacial score (nSPS) is 20.9. The minimum Gasteiger partial charge on any atom is -0.454 e. The molecule has 3 aliphatic rings. The molecule has 1 fully saturated rings. The fraction of sp³-hybridized carbons (Fsp3) is 0.471. The van der Waals surface area contributed by atoms with Gasteiger partial charge in [0.25, 0.3) is 0 Å². The van der Waals surface area contributed by atoms with Gasteiger partial charge in [0, 0.05) is 30.1 Å². The summed E-state index contributed by atoms with van der Waals surface area (Å²) in [4.78, 5) is 0. The van der Waals surface area contributed by atoms with Crippen LogP contribution in [0.1, 0.15) is 36.9 Å². The van der Waals surface area contributed by atoms with E-state index in [1.165, 1.54) is 17.7 Å². The third kappa shape index (κ3) is 1.56. The van der Waals surface area contributed by atoms with Gasteiger partial charge in [-0.2, -0.15) is 5.10 Å². The van der Waals surface area contributed by atoms with Crippen LogP contribution in [0.15, 0.2) is 24.3 Å². The average Bonchev–Trinajstić information content (AvgIpc) is 3.12. The third-order valence-electron chi connectivity index (χ3n) is 5.24. The largest absolute Gasteiger partial charge is 0.454 e. The highest BCUT2D eigenvalue weighted by Gasteiger charge is 2.46. The van der Waals surface area contributed by atoms with Crippen LogP contribution in [0.3, 0.4) is 0 Å². The lowest BCUT2D eigenvalue weighted by atomic mass is 9.62. The first-order valence-electron chi connectivity index (χ1n) is 8.08. The number of hydrogen-bond acceptors (Lipinski definition) is 4. The van der Waals surface area contributed by atoms with Gasteiger partial charge in [0.1, 0.15) is 5.82 Å². The monoisotopic (exact) mass is 297 g/mol. The molecule has 1 aliphatic carbocycles. The fourth-order valence-corrected chi connectivity index (χ4v) is 3.91. The number of aryl methyl sites for hydroxylation is 1.